The largest absolute Gasteiger partial charge is 0.460 e. The molecule has 0 aliphatic carbocycles. The van der Waals surface area contributed by atoms with Crippen LogP contribution >= 0.6 is 0 Å². The summed E-state index contributed by atoms with van der Waals surface area (Å²) in [5.41, 5.74) is 0. The second-order valence-corrected chi connectivity index (χ2v) is 8.84. The summed E-state index contributed by atoms with van der Waals surface area (Å²) >= 11 is 0. The summed E-state index contributed by atoms with van der Waals surface area (Å²) in [6, 6.07) is 1.11. The molecule has 0 radical (unpaired) electrons. The molecule has 0 heterocycles. The quantitative estimate of drug-likeness (QED) is 0.374. The van der Waals surface area contributed by atoms with Crippen LogP contribution in [0.25, 0.3) is 0 Å². The van der Waals surface area contributed by atoms with Crippen LogP contribution in [0.4, 0.5) is 0 Å². The molecule has 0 fully saturated rings. The number of rotatable bonds is 8. The fourth-order valence-corrected chi connectivity index (χ4v) is 3.56. The molecule has 16 heavy (non-hydrogen) atoms. The number of hydrogen-bond donors (Lipinski definition) is 0. The molecule has 3 nitrogen and oxygen atoms in total. The summed E-state index contributed by atoms with van der Waals surface area (Å²) in [5.74, 6) is -0.339. The maximum atomic E-state index is 10.9. The van der Waals surface area contributed by atoms with Gasteiger partial charge in [0, 0.05) is 12.7 Å². The maximum Gasteiger partial charge on any atom is 0.330 e. The Balaban J connectivity index is 3.72. The average molecular weight is 244 g/mol. The third-order valence-electron chi connectivity index (χ3n) is 2.41. The summed E-state index contributed by atoms with van der Waals surface area (Å²) in [7, 11) is -1.48. The van der Waals surface area contributed by atoms with Crippen molar-refractivity contribution in [2.45, 2.75) is 51.9 Å². The molecule has 0 aromatic heterocycles. The van der Waals surface area contributed by atoms with Gasteiger partial charge in [0.25, 0.3) is 0 Å². The van der Waals surface area contributed by atoms with Gasteiger partial charge in [-0.3, -0.25) is 0 Å². The van der Waals surface area contributed by atoms with E-state index in [-0.39, 0.29) is 12.1 Å². The van der Waals surface area contributed by atoms with Gasteiger partial charge >= 0.3 is 5.97 Å². The lowest BCUT2D eigenvalue weighted by molar-refractivity contribution is -0.142. The Morgan fingerprint density at radius 3 is 2.62 bits per heavy atom. The van der Waals surface area contributed by atoms with E-state index in [1.54, 1.807) is 0 Å². The minimum atomic E-state index is -1.48. The lowest BCUT2D eigenvalue weighted by Gasteiger charge is -2.22. The summed E-state index contributed by atoms with van der Waals surface area (Å²) in [5, 5.41) is 0. The van der Waals surface area contributed by atoms with Gasteiger partial charge in [0.1, 0.15) is 0 Å². The second kappa shape index (κ2) is 7.63. The molecule has 1 unspecified atom stereocenters. The van der Waals surface area contributed by atoms with Crippen LogP contribution in [-0.4, -0.2) is 27.0 Å². The summed E-state index contributed by atoms with van der Waals surface area (Å²) < 4.78 is 10.8. The van der Waals surface area contributed by atoms with Gasteiger partial charge in [-0.2, -0.15) is 0 Å². The highest BCUT2D eigenvalue weighted by Crippen LogP contribution is 2.16. The van der Waals surface area contributed by atoms with Gasteiger partial charge in [0.15, 0.2) is 8.32 Å². The highest BCUT2D eigenvalue weighted by atomic mass is 28.4. The van der Waals surface area contributed by atoms with E-state index in [1.807, 2.05) is 13.8 Å². The van der Waals surface area contributed by atoms with Crippen LogP contribution < -0.4 is 0 Å². The topological polar surface area (TPSA) is 35.5 Å². The Bertz CT molecular complexity index is 226. The van der Waals surface area contributed by atoms with E-state index in [0.29, 0.717) is 0 Å². The highest BCUT2D eigenvalue weighted by Gasteiger charge is 2.21. The Kier molecular flexibility index (Phi) is 7.33. The average Bonchev–Trinajstić information content (AvgIpc) is 2.16. The zero-order valence-electron chi connectivity index (χ0n) is 10.9. The SMILES string of the molecule is C=CC(=O)OC(C)CCC[Si](C)(C)OCC. The standard InChI is InChI=1S/C12H24O3Si/c1-6-12(13)15-11(3)9-8-10-16(4,5)14-7-2/h6,11H,1,7-10H2,2-5H3. The molecular weight excluding hydrogens is 220 g/mol. The van der Waals surface area contributed by atoms with E-state index in [2.05, 4.69) is 19.7 Å². The maximum absolute atomic E-state index is 10.9. The molecule has 0 aliphatic rings. The summed E-state index contributed by atoms with van der Waals surface area (Å²) in [4.78, 5) is 10.9. The third-order valence-corrected chi connectivity index (χ3v) is 5.04. The smallest absolute Gasteiger partial charge is 0.330 e. The van der Waals surface area contributed by atoms with Crippen molar-refractivity contribution >= 4 is 14.3 Å². The van der Waals surface area contributed by atoms with Crippen LogP contribution in [0.2, 0.25) is 19.1 Å². The van der Waals surface area contributed by atoms with E-state index >= 15 is 0 Å². The second-order valence-electron chi connectivity index (χ2n) is 4.54. The Hall–Kier alpha value is -0.613. The van der Waals surface area contributed by atoms with E-state index < -0.39 is 8.32 Å². The predicted octanol–water partition coefficient (Wildman–Crippen LogP) is 3.13. The number of carbonyl (C=O) groups excluding carboxylic acids is 1. The van der Waals surface area contributed by atoms with Crippen LogP contribution in [0, 0.1) is 0 Å². The van der Waals surface area contributed by atoms with Crippen molar-refractivity contribution in [1.29, 1.82) is 0 Å². The minimum Gasteiger partial charge on any atom is -0.460 e. The van der Waals surface area contributed by atoms with Crippen molar-refractivity contribution in [3.63, 3.8) is 0 Å². The van der Waals surface area contributed by atoms with Gasteiger partial charge in [-0.1, -0.05) is 13.0 Å². The number of hydrogen-bond acceptors (Lipinski definition) is 3. The molecule has 0 amide bonds. The molecule has 1 atom stereocenters. The summed E-state index contributed by atoms with van der Waals surface area (Å²) in [6.45, 7) is 12.5. The fourth-order valence-electron chi connectivity index (χ4n) is 1.58. The third kappa shape index (κ3) is 7.65. The number of carbonyl (C=O) groups is 1. The fraction of sp³-hybridized carbons (Fsp3) is 0.750. The molecule has 0 rings (SSSR count). The summed E-state index contributed by atoms with van der Waals surface area (Å²) in [6.07, 6.45) is 3.11. The van der Waals surface area contributed by atoms with Crippen molar-refractivity contribution < 1.29 is 14.0 Å². The van der Waals surface area contributed by atoms with Crippen molar-refractivity contribution in [3.8, 4) is 0 Å². The van der Waals surface area contributed by atoms with Crippen molar-refractivity contribution in [2.24, 2.45) is 0 Å². The highest BCUT2D eigenvalue weighted by molar-refractivity contribution is 6.71. The van der Waals surface area contributed by atoms with Crippen molar-refractivity contribution in [2.75, 3.05) is 6.61 Å². The van der Waals surface area contributed by atoms with Crippen molar-refractivity contribution in [1.82, 2.24) is 0 Å². The first-order chi connectivity index (χ1) is 7.41. The van der Waals surface area contributed by atoms with Gasteiger partial charge in [-0.15, -0.1) is 0 Å². The molecular formula is C12H24O3Si. The van der Waals surface area contributed by atoms with Crippen molar-refractivity contribution in [3.05, 3.63) is 12.7 Å². The van der Waals surface area contributed by atoms with E-state index in [4.69, 9.17) is 9.16 Å². The van der Waals surface area contributed by atoms with Crippen LogP contribution in [-0.2, 0) is 14.0 Å². The first-order valence-electron chi connectivity index (χ1n) is 5.88. The molecule has 4 heteroatoms. The number of ether oxygens (including phenoxy) is 1. The van der Waals surface area contributed by atoms with E-state index in [0.717, 1.165) is 25.5 Å². The first kappa shape index (κ1) is 15.4. The molecule has 0 spiro atoms. The lowest BCUT2D eigenvalue weighted by Crippen LogP contribution is -2.30. The number of esters is 1. The van der Waals surface area contributed by atoms with Crippen LogP contribution in [0.1, 0.15) is 26.7 Å². The molecule has 0 aromatic rings. The van der Waals surface area contributed by atoms with Crippen LogP contribution in [0.15, 0.2) is 12.7 Å². The van der Waals surface area contributed by atoms with Gasteiger partial charge in [-0.25, -0.2) is 4.79 Å². The Morgan fingerprint density at radius 2 is 2.12 bits per heavy atom. The minimum absolute atomic E-state index is 0.0306. The molecule has 0 aromatic carbocycles. The van der Waals surface area contributed by atoms with Crippen LogP contribution in [0.5, 0.6) is 0 Å². The lowest BCUT2D eigenvalue weighted by atomic mass is 10.2. The molecule has 0 bridgehead atoms. The van der Waals surface area contributed by atoms with Gasteiger partial charge in [0.05, 0.1) is 6.10 Å². The Labute approximate surface area is 100.0 Å². The predicted molar refractivity (Wildman–Crippen MR) is 68.9 cm³/mol. The molecule has 0 aliphatic heterocycles. The molecule has 94 valence electrons. The first-order valence-corrected chi connectivity index (χ1v) is 9.00. The Morgan fingerprint density at radius 1 is 1.50 bits per heavy atom. The van der Waals surface area contributed by atoms with E-state index in [1.165, 1.54) is 6.08 Å². The zero-order valence-corrected chi connectivity index (χ0v) is 11.9. The molecule has 0 saturated heterocycles. The monoisotopic (exact) mass is 244 g/mol. The van der Waals surface area contributed by atoms with Crippen LogP contribution in [0.3, 0.4) is 0 Å². The normalized spacial score (nSPS) is 13.2. The zero-order chi connectivity index (χ0) is 12.6. The van der Waals surface area contributed by atoms with Gasteiger partial charge in [-0.05, 0) is 39.4 Å². The molecule has 0 saturated carbocycles. The molecule has 0 N–H and O–H groups in total. The van der Waals surface area contributed by atoms with E-state index in [9.17, 15) is 4.79 Å². The van der Waals surface area contributed by atoms with Gasteiger partial charge < -0.3 is 9.16 Å². The van der Waals surface area contributed by atoms with Gasteiger partial charge in [0.2, 0.25) is 0 Å².